The van der Waals surface area contributed by atoms with Gasteiger partial charge in [0.05, 0.1) is 5.75 Å². The SMILES string of the molecule is Cc1ccccc1[NH2+]C1CCS(=O)(=O)C1.[Cl-]. The minimum absolute atomic E-state index is 0. The van der Waals surface area contributed by atoms with Crippen LogP contribution in [0, 0.1) is 6.92 Å². The Kier molecular flexibility index (Phi) is 4.35. The molecule has 1 aliphatic heterocycles. The third-order valence-electron chi connectivity index (χ3n) is 2.87. The van der Waals surface area contributed by atoms with Crippen molar-refractivity contribution in [3.8, 4) is 0 Å². The first kappa shape index (κ1) is 13.5. The molecule has 2 rings (SSSR count). The number of sulfone groups is 1. The number of halogens is 1. The van der Waals surface area contributed by atoms with E-state index in [-0.39, 0.29) is 18.4 Å². The van der Waals surface area contributed by atoms with Gasteiger partial charge in [0.2, 0.25) is 0 Å². The molecular weight excluding hydrogens is 246 g/mol. The van der Waals surface area contributed by atoms with Crippen LogP contribution in [-0.2, 0) is 9.84 Å². The number of nitrogens with two attached hydrogens (primary N) is 1. The van der Waals surface area contributed by atoms with Gasteiger partial charge in [0.1, 0.15) is 17.5 Å². The van der Waals surface area contributed by atoms with Gasteiger partial charge in [-0.2, -0.15) is 0 Å². The van der Waals surface area contributed by atoms with Gasteiger partial charge in [0, 0.05) is 12.0 Å². The zero-order valence-electron chi connectivity index (χ0n) is 9.19. The van der Waals surface area contributed by atoms with E-state index in [4.69, 9.17) is 0 Å². The van der Waals surface area contributed by atoms with Crippen molar-refractivity contribution in [3.05, 3.63) is 29.8 Å². The van der Waals surface area contributed by atoms with Gasteiger partial charge < -0.3 is 17.7 Å². The fraction of sp³-hybridized carbons (Fsp3) is 0.455. The van der Waals surface area contributed by atoms with Gasteiger partial charge in [-0.15, -0.1) is 0 Å². The van der Waals surface area contributed by atoms with Crippen LogP contribution in [0.3, 0.4) is 0 Å². The number of hydrogen-bond acceptors (Lipinski definition) is 2. The van der Waals surface area contributed by atoms with Gasteiger partial charge in [-0.05, 0) is 13.0 Å². The van der Waals surface area contributed by atoms with E-state index in [1.54, 1.807) is 0 Å². The molecule has 0 radical (unpaired) electrons. The highest BCUT2D eigenvalue weighted by Gasteiger charge is 2.30. The fourth-order valence-electron chi connectivity index (χ4n) is 1.98. The summed E-state index contributed by atoms with van der Waals surface area (Å²) in [5, 5.41) is 2.10. The van der Waals surface area contributed by atoms with Crippen LogP contribution in [-0.4, -0.2) is 26.0 Å². The van der Waals surface area contributed by atoms with Crippen LogP contribution in [0.5, 0.6) is 0 Å². The second-order valence-corrected chi connectivity index (χ2v) is 6.42. The standard InChI is InChI=1S/C11H15NO2S.ClH/c1-9-4-2-3-5-11(9)12-10-6-7-15(13,14)8-10;/h2-5,10,12H,6-8H2,1H3;1H. The molecule has 90 valence electrons. The Morgan fingerprint density at radius 3 is 2.56 bits per heavy atom. The second kappa shape index (κ2) is 5.17. The van der Waals surface area contributed by atoms with E-state index >= 15 is 0 Å². The summed E-state index contributed by atoms with van der Waals surface area (Å²) < 4.78 is 22.6. The van der Waals surface area contributed by atoms with Crippen molar-refractivity contribution in [1.82, 2.24) is 0 Å². The monoisotopic (exact) mass is 261 g/mol. The molecule has 1 aromatic carbocycles. The van der Waals surface area contributed by atoms with Crippen molar-refractivity contribution in [2.45, 2.75) is 19.4 Å². The molecule has 1 aliphatic rings. The van der Waals surface area contributed by atoms with Crippen molar-refractivity contribution in [3.63, 3.8) is 0 Å². The van der Waals surface area contributed by atoms with E-state index in [2.05, 4.69) is 18.3 Å². The van der Waals surface area contributed by atoms with Gasteiger partial charge in [-0.1, -0.05) is 18.2 Å². The number of benzene rings is 1. The molecule has 1 heterocycles. The predicted octanol–water partition coefficient (Wildman–Crippen LogP) is -2.62. The van der Waals surface area contributed by atoms with Crippen LogP contribution >= 0.6 is 0 Å². The van der Waals surface area contributed by atoms with Crippen molar-refractivity contribution in [2.75, 3.05) is 11.5 Å². The van der Waals surface area contributed by atoms with Gasteiger partial charge in [-0.3, -0.25) is 0 Å². The highest BCUT2D eigenvalue weighted by molar-refractivity contribution is 7.91. The summed E-state index contributed by atoms with van der Waals surface area (Å²) in [5.41, 5.74) is 2.38. The molecule has 1 saturated heterocycles. The summed E-state index contributed by atoms with van der Waals surface area (Å²) in [6, 6.07) is 8.28. The number of hydrogen-bond donors (Lipinski definition) is 1. The maximum Gasteiger partial charge on any atom is 0.156 e. The fourth-order valence-corrected chi connectivity index (χ4v) is 3.73. The van der Waals surface area contributed by atoms with Crippen LogP contribution in [0.15, 0.2) is 24.3 Å². The minimum atomic E-state index is -2.76. The Morgan fingerprint density at radius 1 is 1.31 bits per heavy atom. The maximum atomic E-state index is 11.3. The Hall–Kier alpha value is -0.580. The van der Waals surface area contributed by atoms with Gasteiger partial charge >= 0.3 is 0 Å². The summed E-state index contributed by atoms with van der Waals surface area (Å²) >= 11 is 0. The normalized spacial score (nSPS) is 22.7. The zero-order valence-corrected chi connectivity index (χ0v) is 10.8. The molecule has 1 fully saturated rings. The van der Waals surface area contributed by atoms with Gasteiger partial charge in [0.15, 0.2) is 9.84 Å². The molecule has 2 N–H and O–H groups in total. The first-order valence-electron chi connectivity index (χ1n) is 5.18. The lowest BCUT2D eigenvalue weighted by Crippen LogP contribution is -3.00. The number of para-hydroxylation sites is 1. The molecule has 0 bridgehead atoms. The van der Waals surface area contributed by atoms with Gasteiger partial charge in [0.25, 0.3) is 0 Å². The van der Waals surface area contributed by atoms with E-state index in [1.807, 2.05) is 18.2 Å². The second-order valence-electron chi connectivity index (χ2n) is 4.19. The summed E-state index contributed by atoms with van der Waals surface area (Å²) in [7, 11) is -2.76. The molecule has 0 aliphatic carbocycles. The molecule has 3 nitrogen and oxygen atoms in total. The van der Waals surface area contributed by atoms with Crippen molar-refractivity contribution in [2.24, 2.45) is 0 Å². The van der Waals surface area contributed by atoms with E-state index in [1.165, 1.54) is 11.3 Å². The van der Waals surface area contributed by atoms with Gasteiger partial charge in [-0.25, -0.2) is 8.42 Å². The number of rotatable bonds is 2. The summed E-state index contributed by atoms with van der Waals surface area (Å²) in [6.07, 6.45) is 0.774. The van der Waals surface area contributed by atoms with Crippen LogP contribution in [0.2, 0.25) is 0 Å². The average molecular weight is 262 g/mol. The topological polar surface area (TPSA) is 50.8 Å². The van der Waals surface area contributed by atoms with Crippen LogP contribution in [0.25, 0.3) is 0 Å². The van der Waals surface area contributed by atoms with Crippen molar-refractivity contribution in [1.29, 1.82) is 0 Å². The molecule has 0 aromatic heterocycles. The van der Waals surface area contributed by atoms with Crippen LogP contribution in [0.4, 0.5) is 5.69 Å². The van der Waals surface area contributed by atoms with E-state index in [0.29, 0.717) is 11.5 Å². The highest BCUT2D eigenvalue weighted by atomic mass is 35.5. The summed E-state index contributed by atoms with van der Waals surface area (Å²) in [5.74, 6) is 0.668. The van der Waals surface area contributed by atoms with E-state index in [0.717, 1.165) is 6.42 Å². The Bertz CT molecular complexity index is 459. The highest BCUT2D eigenvalue weighted by Crippen LogP contribution is 2.12. The number of quaternary nitrogens is 1. The largest absolute Gasteiger partial charge is 1.00 e. The van der Waals surface area contributed by atoms with Crippen molar-refractivity contribution < 1.29 is 26.1 Å². The molecule has 16 heavy (non-hydrogen) atoms. The lowest BCUT2D eigenvalue weighted by molar-refractivity contribution is -0.605. The third kappa shape index (κ3) is 3.20. The molecular formula is C11H16ClNO2S. The molecule has 0 saturated carbocycles. The first-order valence-corrected chi connectivity index (χ1v) is 7.00. The lowest BCUT2D eigenvalue weighted by atomic mass is 10.1. The van der Waals surface area contributed by atoms with Crippen LogP contribution < -0.4 is 17.7 Å². The molecule has 5 heteroatoms. The first-order chi connectivity index (χ1) is 7.07. The summed E-state index contributed by atoms with van der Waals surface area (Å²) in [6.45, 7) is 2.05. The average Bonchev–Trinajstić information content (AvgIpc) is 2.50. The zero-order chi connectivity index (χ0) is 10.9. The van der Waals surface area contributed by atoms with Crippen LogP contribution in [0.1, 0.15) is 12.0 Å². The number of aryl methyl sites for hydroxylation is 1. The molecule has 1 unspecified atom stereocenters. The summed E-state index contributed by atoms with van der Waals surface area (Å²) in [4.78, 5) is 0. The quantitative estimate of drug-likeness (QED) is 0.593. The van der Waals surface area contributed by atoms with Crippen molar-refractivity contribution >= 4 is 15.5 Å². The third-order valence-corrected chi connectivity index (χ3v) is 4.67. The molecule has 1 aromatic rings. The maximum absolute atomic E-state index is 11.3. The molecule has 1 atom stereocenters. The Labute approximate surface area is 103 Å². The smallest absolute Gasteiger partial charge is 0.156 e. The predicted molar refractivity (Wildman–Crippen MR) is 59.8 cm³/mol. The Balaban J connectivity index is 0.00000128. The lowest BCUT2D eigenvalue weighted by Gasteiger charge is -2.08. The molecule has 0 amide bonds. The minimum Gasteiger partial charge on any atom is -1.00 e. The van der Waals surface area contributed by atoms with E-state index < -0.39 is 9.84 Å². The van der Waals surface area contributed by atoms with E-state index in [9.17, 15) is 8.42 Å². The Morgan fingerprint density at radius 2 is 2.00 bits per heavy atom. The molecule has 0 spiro atoms.